The van der Waals surface area contributed by atoms with Crippen molar-refractivity contribution >= 4 is 28.4 Å². The maximum atomic E-state index is 8.88. The van der Waals surface area contributed by atoms with Gasteiger partial charge in [0.05, 0.1) is 6.61 Å². The molecule has 14 heavy (non-hydrogen) atoms. The van der Waals surface area contributed by atoms with E-state index in [1.807, 2.05) is 24.3 Å². The highest BCUT2D eigenvalue weighted by molar-refractivity contribution is 14.1. The zero-order valence-electron chi connectivity index (χ0n) is 7.70. The Bertz CT molecular complexity index is 310. The molecule has 0 aromatic heterocycles. The average Bonchev–Trinajstić information content (AvgIpc) is 2.18. The molecular formula is C10H13IN2O. The number of halogens is 1. The Balaban J connectivity index is 2.68. The Morgan fingerprint density at radius 3 is 2.43 bits per heavy atom. The minimum absolute atomic E-state index is 0.0877. The van der Waals surface area contributed by atoms with Crippen molar-refractivity contribution in [3.63, 3.8) is 0 Å². The summed E-state index contributed by atoms with van der Waals surface area (Å²) in [4.78, 5) is 0. The molecule has 1 atom stereocenters. The van der Waals surface area contributed by atoms with Crippen molar-refractivity contribution in [3.8, 4) is 0 Å². The fraction of sp³-hybridized carbons (Fsp3) is 0.300. The third-order valence-electron chi connectivity index (χ3n) is 1.92. The van der Waals surface area contributed by atoms with Crippen LogP contribution in [0.15, 0.2) is 24.3 Å². The van der Waals surface area contributed by atoms with Crippen LogP contribution in [0.25, 0.3) is 0 Å². The van der Waals surface area contributed by atoms with Crippen LogP contribution < -0.4 is 5.73 Å². The van der Waals surface area contributed by atoms with Gasteiger partial charge in [0.25, 0.3) is 0 Å². The number of hydrogen-bond donors (Lipinski definition) is 3. The van der Waals surface area contributed by atoms with Crippen molar-refractivity contribution < 1.29 is 5.11 Å². The molecule has 4 N–H and O–H groups in total. The lowest BCUT2D eigenvalue weighted by atomic mass is 10.1. The van der Waals surface area contributed by atoms with Gasteiger partial charge in [-0.3, -0.25) is 5.41 Å². The third kappa shape index (κ3) is 3.26. The normalized spacial score (nSPS) is 12.4. The van der Waals surface area contributed by atoms with Gasteiger partial charge in [0.1, 0.15) is 5.84 Å². The predicted octanol–water partition coefficient (Wildman–Crippen LogP) is 1.31. The maximum absolute atomic E-state index is 8.88. The lowest BCUT2D eigenvalue weighted by molar-refractivity contribution is 0.299. The molecule has 0 amide bonds. The van der Waals surface area contributed by atoms with Crippen LogP contribution in [0.3, 0.4) is 0 Å². The molecule has 3 nitrogen and oxygen atoms in total. The lowest BCUT2D eigenvalue weighted by Gasteiger charge is -2.06. The van der Waals surface area contributed by atoms with Gasteiger partial charge in [-0.2, -0.15) is 0 Å². The maximum Gasteiger partial charge on any atom is 0.122 e. The van der Waals surface area contributed by atoms with E-state index in [1.165, 1.54) is 0 Å². The highest BCUT2D eigenvalue weighted by Crippen LogP contribution is 2.11. The van der Waals surface area contributed by atoms with Crippen molar-refractivity contribution in [2.75, 3.05) is 6.61 Å². The first-order valence-corrected chi connectivity index (χ1v) is 5.56. The fourth-order valence-electron chi connectivity index (χ4n) is 1.14. The highest BCUT2D eigenvalue weighted by Gasteiger charge is 2.03. The largest absolute Gasteiger partial charge is 0.395 e. The summed E-state index contributed by atoms with van der Waals surface area (Å²) in [6, 6.07) is 7.55. The fourth-order valence-corrected chi connectivity index (χ4v) is 1.65. The van der Waals surface area contributed by atoms with Crippen LogP contribution in [0, 0.1) is 5.41 Å². The summed E-state index contributed by atoms with van der Waals surface area (Å²) >= 11 is 2.21. The number of rotatable bonds is 4. The number of nitrogens with one attached hydrogen (secondary N) is 1. The minimum Gasteiger partial charge on any atom is -0.395 e. The van der Waals surface area contributed by atoms with E-state index in [0.717, 1.165) is 17.5 Å². The van der Waals surface area contributed by atoms with Crippen molar-refractivity contribution in [2.45, 2.75) is 10.3 Å². The topological polar surface area (TPSA) is 70.1 Å². The Hall–Kier alpha value is -0.620. The van der Waals surface area contributed by atoms with Gasteiger partial charge < -0.3 is 10.8 Å². The molecule has 0 saturated heterocycles. The van der Waals surface area contributed by atoms with Gasteiger partial charge in [0.15, 0.2) is 0 Å². The zero-order chi connectivity index (χ0) is 10.6. The molecule has 0 bridgehead atoms. The standard InChI is InChI=1S/C10H13IN2O/c11-9(6-14)5-7-1-3-8(4-2-7)10(12)13/h1-4,9,14H,5-6H2,(H3,12,13)/t9-/m0/s1. The highest BCUT2D eigenvalue weighted by atomic mass is 127. The van der Waals surface area contributed by atoms with E-state index in [1.54, 1.807) is 0 Å². The van der Waals surface area contributed by atoms with Crippen molar-refractivity contribution in [1.82, 2.24) is 0 Å². The molecule has 0 aliphatic carbocycles. The molecule has 0 unspecified atom stereocenters. The van der Waals surface area contributed by atoms with E-state index in [2.05, 4.69) is 22.6 Å². The summed E-state index contributed by atoms with van der Waals surface area (Å²) < 4.78 is 0.246. The van der Waals surface area contributed by atoms with Crippen LogP contribution >= 0.6 is 22.6 Å². The van der Waals surface area contributed by atoms with Gasteiger partial charge in [-0.1, -0.05) is 46.9 Å². The molecule has 4 heteroatoms. The molecule has 0 heterocycles. The first kappa shape index (κ1) is 11.5. The first-order chi connectivity index (χ1) is 6.63. The van der Waals surface area contributed by atoms with Crippen LogP contribution in [-0.4, -0.2) is 21.5 Å². The second kappa shape index (κ2) is 5.31. The van der Waals surface area contributed by atoms with Crippen LogP contribution in [-0.2, 0) is 6.42 Å². The second-order valence-electron chi connectivity index (χ2n) is 3.09. The third-order valence-corrected chi connectivity index (χ3v) is 2.75. The van der Waals surface area contributed by atoms with Gasteiger partial charge in [-0.05, 0) is 12.0 Å². The molecule has 1 aromatic carbocycles. The Morgan fingerprint density at radius 2 is 2.00 bits per heavy atom. The molecule has 0 fully saturated rings. The number of hydrogen-bond acceptors (Lipinski definition) is 2. The van der Waals surface area contributed by atoms with Gasteiger partial charge >= 0.3 is 0 Å². The van der Waals surface area contributed by atoms with Gasteiger partial charge in [0.2, 0.25) is 0 Å². The Labute approximate surface area is 97.0 Å². The SMILES string of the molecule is N=C(N)c1ccc(C[C@H](I)CO)cc1. The summed E-state index contributed by atoms with van der Waals surface area (Å²) in [6.45, 7) is 0.190. The predicted molar refractivity (Wildman–Crippen MR) is 66.1 cm³/mol. The number of aliphatic hydroxyl groups excluding tert-OH is 1. The number of nitrogen functional groups attached to an aromatic ring is 1. The minimum atomic E-state index is 0.0877. The number of alkyl halides is 1. The molecule has 0 aliphatic heterocycles. The van der Waals surface area contributed by atoms with Crippen LogP contribution in [0.1, 0.15) is 11.1 Å². The molecule has 1 aromatic rings. The second-order valence-corrected chi connectivity index (χ2v) is 4.86. The van der Waals surface area contributed by atoms with E-state index in [0.29, 0.717) is 0 Å². The molecule has 1 rings (SSSR count). The quantitative estimate of drug-likeness (QED) is 0.340. The molecule has 0 spiro atoms. The van der Waals surface area contributed by atoms with Crippen molar-refractivity contribution in [3.05, 3.63) is 35.4 Å². The molecule has 0 aliphatic rings. The molecule has 0 saturated carbocycles. The molecule has 76 valence electrons. The van der Waals surface area contributed by atoms with Gasteiger partial charge in [-0.15, -0.1) is 0 Å². The van der Waals surface area contributed by atoms with Gasteiger partial charge in [-0.25, -0.2) is 0 Å². The molecular weight excluding hydrogens is 291 g/mol. The van der Waals surface area contributed by atoms with Crippen molar-refractivity contribution in [2.24, 2.45) is 5.73 Å². The van der Waals surface area contributed by atoms with E-state index in [9.17, 15) is 0 Å². The Kier molecular flexibility index (Phi) is 4.34. The summed E-state index contributed by atoms with van der Waals surface area (Å²) in [6.07, 6.45) is 0.843. The number of aliphatic hydroxyl groups is 1. The van der Waals surface area contributed by atoms with Crippen LogP contribution in [0.2, 0.25) is 0 Å². The Morgan fingerprint density at radius 1 is 1.43 bits per heavy atom. The van der Waals surface area contributed by atoms with Gasteiger partial charge in [0, 0.05) is 9.49 Å². The van der Waals surface area contributed by atoms with E-state index < -0.39 is 0 Å². The number of benzene rings is 1. The average molecular weight is 304 g/mol. The number of amidine groups is 1. The summed E-state index contributed by atoms with van der Waals surface area (Å²) in [5.74, 6) is 0.0877. The number of nitrogens with two attached hydrogens (primary N) is 1. The zero-order valence-corrected chi connectivity index (χ0v) is 9.86. The van der Waals surface area contributed by atoms with Crippen LogP contribution in [0.5, 0.6) is 0 Å². The van der Waals surface area contributed by atoms with E-state index >= 15 is 0 Å². The van der Waals surface area contributed by atoms with Crippen molar-refractivity contribution in [1.29, 1.82) is 5.41 Å². The monoisotopic (exact) mass is 304 g/mol. The lowest BCUT2D eigenvalue weighted by Crippen LogP contribution is -2.11. The first-order valence-electron chi connectivity index (χ1n) is 4.31. The van der Waals surface area contributed by atoms with Crippen LogP contribution in [0.4, 0.5) is 0 Å². The summed E-state index contributed by atoms with van der Waals surface area (Å²) in [5.41, 5.74) is 7.23. The van der Waals surface area contributed by atoms with E-state index in [4.69, 9.17) is 16.2 Å². The smallest absolute Gasteiger partial charge is 0.122 e. The summed E-state index contributed by atoms with van der Waals surface area (Å²) in [5, 5.41) is 16.1. The van der Waals surface area contributed by atoms with E-state index in [-0.39, 0.29) is 16.4 Å². The molecule has 0 radical (unpaired) electrons. The summed E-state index contributed by atoms with van der Waals surface area (Å²) in [7, 11) is 0.